The van der Waals surface area contributed by atoms with Gasteiger partial charge in [-0.15, -0.1) is 0 Å². The van der Waals surface area contributed by atoms with Gasteiger partial charge in [-0.1, -0.05) is 33.2 Å². The number of aromatic nitrogens is 2. The molecule has 0 aliphatic carbocycles. The van der Waals surface area contributed by atoms with E-state index in [0.717, 1.165) is 10.0 Å². The monoisotopic (exact) mass is 311 g/mol. The molecule has 2 N–H and O–H groups in total. The Balaban J connectivity index is 2.04. The number of rotatable bonds is 5. The van der Waals surface area contributed by atoms with E-state index in [0.29, 0.717) is 24.7 Å². The van der Waals surface area contributed by atoms with Gasteiger partial charge in [0.1, 0.15) is 0 Å². The van der Waals surface area contributed by atoms with Gasteiger partial charge in [-0.05, 0) is 17.7 Å². The van der Waals surface area contributed by atoms with Gasteiger partial charge in [-0.3, -0.25) is 0 Å². The Morgan fingerprint density at radius 3 is 2.78 bits per heavy atom. The summed E-state index contributed by atoms with van der Waals surface area (Å²) in [5.41, 5.74) is 6.92. The molecule has 2 aromatic rings. The summed E-state index contributed by atoms with van der Waals surface area (Å²) in [5.74, 6) is 1.03. The van der Waals surface area contributed by atoms with Crippen molar-refractivity contribution in [2.24, 2.45) is 5.73 Å². The molecule has 5 nitrogen and oxygen atoms in total. The van der Waals surface area contributed by atoms with Crippen LogP contribution in [0.15, 0.2) is 33.3 Å². The van der Waals surface area contributed by atoms with E-state index in [9.17, 15) is 0 Å². The molecule has 96 valence electrons. The predicted octanol–water partition coefficient (Wildman–Crippen LogP) is 2.07. The van der Waals surface area contributed by atoms with Gasteiger partial charge in [0.2, 0.25) is 5.89 Å². The molecule has 0 radical (unpaired) electrons. The first-order valence-corrected chi connectivity index (χ1v) is 6.30. The third kappa shape index (κ3) is 3.38. The standard InChI is InChI=1S/C12H14BrN3O2/c1-17-7-10(14)12-15-11(18-16-12)6-8-2-4-9(13)5-3-8/h2-5,10H,6-7,14H2,1H3. The van der Waals surface area contributed by atoms with Crippen molar-refractivity contribution in [2.75, 3.05) is 13.7 Å². The summed E-state index contributed by atoms with van der Waals surface area (Å²) >= 11 is 3.39. The molecule has 0 aliphatic heterocycles. The van der Waals surface area contributed by atoms with Crippen LogP contribution in [0.25, 0.3) is 0 Å². The molecule has 2 rings (SSSR count). The number of nitrogens with two attached hydrogens (primary N) is 1. The molecule has 0 bridgehead atoms. The topological polar surface area (TPSA) is 74.2 Å². The highest BCUT2D eigenvalue weighted by atomic mass is 79.9. The Kier molecular flexibility index (Phi) is 4.46. The number of ether oxygens (including phenoxy) is 1. The van der Waals surface area contributed by atoms with E-state index in [2.05, 4.69) is 26.1 Å². The first-order valence-electron chi connectivity index (χ1n) is 5.50. The third-order valence-corrected chi connectivity index (χ3v) is 2.96. The Bertz CT molecular complexity index is 498. The quantitative estimate of drug-likeness (QED) is 0.915. The van der Waals surface area contributed by atoms with Gasteiger partial charge in [0.05, 0.1) is 19.1 Å². The molecule has 1 heterocycles. The summed E-state index contributed by atoms with van der Waals surface area (Å²) in [6.45, 7) is 0.372. The summed E-state index contributed by atoms with van der Waals surface area (Å²) in [4.78, 5) is 4.25. The van der Waals surface area contributed by atoms with Crippen molar-refractivity contribution in [3.05, 3.63) is 46.0 Å². The first kappa shape index (κ1) is 13.2. The first-order chi connectivity index (χ1) is 8.69. The summed E-state index contributed by atoms with van der Waals surface area (Å²) < 4.78 is 11.1. The maximum atomic E-state index is 5.82. The fraction of sp³-hybridized carbons (Fsp3) is 0.333. The molecular weight excluding hydrogens is 298 g/mol. The van der Waals surface area contributed by atoms with Crippen LogP contribution in [0.4, 0.5) is 0 Å². The lowest BCUT2D eigenvalue weighted by atomic mass is 10.1. The molecule has 0 spiro atoms. The molecule has 1 aromatic heterocycles. The van der Waals surface area contributed by atoms with E-state index in [1.807, 2.05) is 24.3 Å². The zero-order valence-corrected chi connectivity index (χ0v) is 11.6. The van der Waals surface area contributed by atoms with E-state index in [-0.39, 0.29) is 6.04 Å². The van der Waals surface area contributed by atoms with E-state index < -0.39 is 0 Å². The van der Waals surface area contributed by atoms with Crippen molar-refractivity contribution in [1.82, 2.24) is 10.1 Å². The fourth-order valence-electron chi connectivity index (χ4n) is 1.52. The van der Waals surface area contributed by atoms with E-state index in [4.69, 9.17) is 15.0 Å². The van der Waals surface area contributed by atoms with Crippen LogP contribution in [-0.2, 0) is 11.2 Å². The molecule has 0 saturated carbocycles. The average molecular weight is 312 g/mol. The zero-order valence-electron chi connectivity index (χ0n) is 9.97. The van der Waals surface area contributed by atoms with Crippen molar-refractivity contribution in [3.63, 3.8) is 0 Å². The van der Waals surface area contributed by atoms with Crippen LogP contribution >= 0.6 is 15.9 Å². The molecular formula is C12H14BrN3O2. The Morgan fingerprint density at radius 1 is 1.39 bits per heavy atom. The molecule has 18 heavy (non-hydrogen) atoms. The molecule has 0 saturated heterocycles. The van der Waals surface area contributed by atoms with Crippen LogP contribution in [0.1, 0.15) is 23.3 Å². The maximum absolute atomic E-state index is 5.82. The molecule has 1 atom stereocenters. The Hall–Kier alpha value is -1.24. The SMILES string of the molecule is COCC(N)c1noc(Cc2ccc(Br)cc2)n1. The number of hydrogen-bond donors (Lipinski definition) is 1. The zero-order chi connectivity index (χ0) is 13.0. The van der Waals surface area contributed by atoms with Gasteiger partial charge < -0.3 is 15.0 Å². The lowest BCUT2D eigenvalue weighted by molar-refractivity contribution is 0.177. The number of methoxy groups -OCH3 is 1. The Labute approximate surface area is 113 Å². The van der Waals surface area contributed by atoms with Crippen LogP contribution in [0.2, 0.25) is 0 Å². The van der Waals surface area contributed by atoms with Gasteiger partial charge in [0.15, 0.2) is 5.82 Å². The largest absolute Gasteiger partial charge is 0.383 e. The summed E-state index contributed by atoms with van der Waals surface area (Å²) in [6.07, 6.45) is 0.597. The van der Waals surface area contributed by atoms with Crippen molar-refractivity contribution >= 4 is 15.9 Å². The maximum Gasteiger partial charge on any atom is 0.231 e. The van der Waals surface area contributed by atoms with E-state index >= 15 is 0 Å². The van der Waals surface area contributed by atoms with Crippen molar-refractivity contribution < 1.29 is 9.26 Å². The predicted molar refractivity (Wildman–Crippen MR) is 70.1 cm³/mol. The second-order valence-electron chi connectivity index (χ2n) is 3.91. The molecule has 1 aromatic carbocycles. The summed E-state index contributed by atoms with van der Waals surface area (Å²) in [6, 6.07) is 7.61. The number of benzene rings is 1. The molecule has 0 amide bonds. The van der Waals surface area contributed by atoms with Crippen LogP contribution in [0.3, 0.4) is 0 Å². The second-order valence-corrected chi connectivity index (χ2v) is 4.83. The Morgan fingerprint density at radius 2 is 2.11 bits per heavy atom. The summed E-state index contributed by atoms with van der Waals surface area (Å²) in [7, 11) is 1.59. The average Bonchev–Trinajstić information content (AvgIpc) is 2.81. The molecule has 1 unspecified atom stereocenters. The van der Waals surface area contributed by atoms with Crippen molar-refractivity contribution in [3.8, 4) is 0 Å². The van der Waals surface area contributed by atoms with E-state index in [1.54, 1.807) is 7.11 Å². The summed E-state index contributed by atoms with van der Waals surface area (Å²) in [5, 5.41) is 3.85. The highest BCUT2D eigenvalue weighted by Gasteiger charge is 2.14. The van der Waals surface area contributed by atoms with E-state index in [1.165, 1.54) is 0 Å². The fourth-order valence-corrected chi connectivity index (χ4v) is 1.79. The van der Waals surface area contributed by atoms with Gasteiger partial charge >= 0.3 is 0 Å². The molecule has 0 fully saturated rings. The number of nitrogens with zero attached hydrogens (tertiary/aromatic N) is 2. The highest BCUT2D eigenvalue weighted by Crippen LogP contribution is 2.14. The molecule has 0 aliphatic rings. The normalized spacial score (nSPS) is 12.6. The third-order valence-electron chi connectivity index (χ3n) is 2.43. The lowest BCUT2D eigenvalue weighted by Gasteiger charge is -2.03. The molecule has 6 heteroatoms. The minimum Gasteiger partial charge on any atom is -0.383 e. The van der Waals surface area contributed by atoms with Crippen LogP contribution < -0.4 is 5.73 Å². The minimum absolute atomic E-state index is 0.350. The van der Waals surface area contributed by atoms with Crippen LogP contribution in [0.5, 0.6) is 0 Å². The minimum atomic E-state index is -0.350. The van der Waals surface area contributed by atoms with Crippen molar-refractivity contribution in [2.45, 2.75) is 12.5 Å². The van der Waals surface area contributed by atoms with Crippen LogP contribution in [0, 0.1) is 0 Å². The number of halogens is 1. The second kappa shape index (κ2) is 6.08. The van der Waals surface area contributed by atoms with Crippen molar-refractivity contribution in [1.29, 1.82) is 0 Å². The van der Waals surface area contributed by atoms with Crippen LogP contribution in [-0.4, -0.2) is 23.9 Å². The lowest BCUT2D eigenvalue weighted by Crippen LogP contribution is -2.17. The van der Waals surface area contributed by atoms with Gasteiger partial charge in [-0.2, -0.15) is 4.98 Å². The van der Waals surface area contributed by atoms with Gasteiger partial charge in [-0.25, -0.2) is 0 Å². The van der Waals surface area contributed by atoms with Gasteiger partial charge in [0, 0.05) is 11.6 Å². The highest BCUT2D eigenvalue weighted by molar-refractivity contribution is 9.10. The smallest absolute Gasteiger partial charge is 0.231 e. The number of hydrogen-bond acceptors (Lipinski definition) is 5. The van der Waals surface area contributed by atoms with Gasteiger partial charge in [0.25, 0.3) is 0 Å².